The minimum Gasteiger partial charge on any atom is -0.422 e. The number of hydrogen-bond donors (Lipinski definition) is 1. The van der Waals surface area contributed by atoms with E-state index in [0.717, 1.165) is 23.7 Å². The number of carbonyl (C=O) groups is 2. The molecule has 7 heteroatoms. The van der Waals surface area contributed by atoms with Crippen LogP contribution in [0.3, 0.4) is 0 Å². The lowest BCUT2D eigenvalue weighted by molar-refractivity contribution is -0.121. The molecule has 0 spiro atoms. The molecular formula is C24H28BrClN2O3. The Morgan fingerprint density at radius 3 is 2.42 bits per heavy atom. The molecule has 0 bridgehead atoms. The van der Waals surface area contributed by atoms with E-state index in [1.54, 1.807) is 42.5 Å². The Balaban J connectivity index is 1.86. The van der Waals surface area contributed by atoms with E-state index in [2.05, 4.69) is 33.4 Å². The van der Waals surface area contributed by atoms with E-state index in [9.17, 15) is 9.59 Å². The van der Waals surface area contributed by atoms with Crippen LogP contribution in [0.5, 0.6) is 5.75 Å². The maximum Gasteiger partial charge on any atom is 0.343 e. The molecule has 0 unspecified atom stereocenters. The van der Waals surface area contributed by atoms with Gasteiger partial charge in [0.25, 0.3) is 0 Å². The van der Waals surface area contributed by atoms with E-state index in [0.29, 0.717) is 28.3 Å². The van der Waals surface area contributed by atoms with Crippen LogP contribution in [0.1, 0.15) is 74.2 Å². The van der Waals surface area contributed by atoms with Crippen molar-refractivity contribution in [2.75, 3.05) is 0 Å². The van der Waals surface area contributed by atoms with Gasteiger partial charge in [0, 0.05) is 21.5 Å². The first-order valence-corrected chi connectivity index (χ1v) is 11.8. The van der Waals surface area contributed by atoms with Crippen molar-refractivity contribution < 1.29 is 14.3 Å². The van der Waals surface area contributed by atoms with Crippen molar-refractivity contribution >= 4 is 45.6 Å². The Kier molecular flexibility index (Phi) is 11.3. The van der Waals surface area contributed by atoms with Gasteiger partial charge >= 0.3 is 5.97 Å². The summed E-state index contributed by atoms with van der Waals surface area (Å²) < 4.78 is 6.30. The van der Waals surface area contributed by atoms with Gasteiger partial charge in [0.05, 0.1) is 11.8 Å². The first-order valence-electron chi connectivity index (χ1n) is 10.6. The van der Waals surface area contributed by atoms with Crippen LogP contribution in [0.2, 0.25) is 5.02 Å². The SMILES string of the molecule is CCCCCCCCCC(=O)N/N=C/c1cc(Br)ccc1OC(=O)c1ccc(Cl)cc1. The summed E-state index contributed by atoms with van der Waals surface area (Å²) in [6.45, 7) is 2.20. The van der Waals surface area contributed by atoms with Crippen molar-refractivity contribution in [1.82, 2.24) is 5.43 Å². The van der Waals surface area contributed by atoms with Gasteiger partial charge in [0.15, 0.2) is 0 Å². The summed E-state index contributed by atoms with van der Waals surface area (Å²) in [6.07, 6.45) is 10.0. The Hall–Kier alpha value is -2.18. The number of halogens is 2. The molecule has 2 aromatic rings. The second-order valence-electron chi connectivity index (χ2n) is 7.24. The second kappa shape index (κ2) is 14.0. The third-order valence-corrected chi connectivity index (χ3v) is 5.40. The largest absolute Gasteiger partial charge is 0.422 e. The molecule has 0 aliphatic rings. The Labute approximate surface area is 197 Å². The topological polar surface area (TPSA) is 67.8 Å². The van der Waals surface area contributed by atoms with Crippen LogP contribution in [0.15, 0.2) is 52.0 Å². The fourth-order valence-corrected chi connectivity index (χ4v) is 3.44. The van der Waals surface area contributed by atoms with Crippen molar-refractivity contribution in [2.24, 2.45) is 5.10 Å². The zero-order valence-electron chi connectivity index (χ0n) is 17.7. The lowest BCUT2D eigenvalue weighted by Crippen LogP contribution is -2.17. The monoisotopic (exact) mass is 506 g/mol. The summed E-state index contributed by atoms with van der Waals surface area (Å²) in [4.78, 5) is 24.4. The van der Waals surface area contributed by atoms with Gasteiger partial charge in [0.2, 0.25) is 5.91 Å². The molecule has 0 saturated heterocycles. The van der Waals surface area contributed by atoms with Crippen molar-refractivity contribution in [3.05, 3.63) is 63.1 Å². The quantitative estimate of drug-likeness (QED) is 0.112. The second-order valence-corrected chi connectivity index (χ2v) is 8.60. The molecule has 31 heavy (non-hydrogen) atoms. The summed E-state index contributed by atoms with van der Waals surface area (Å²) in [6, 6.07) is 11.6. The van der Waals surface area contributed by atoms with E-state index in [-0.39, 0.29) is 5.91 Å². The van der Waals surface area contributed by atoms with Gasteiger partial charge in [-0.2, -0.15) is 5.10 Å². The smallest absolute Gasteiger partial charge is 0.343 e. The fraction of sp³-hybridized carbons (Fsp3) is 0.375. The highest BCUT2D eigenvalue weighted by atomic mass is 79.9. The summed E-state index contributed by atoms with van der Waals surface area (Å²) in [5, 5.41) is 4.56. The minimum absolute atomic E-state index is 0.125. The number of ether oxygens (including phenoxy) is 1. The number of unbranched alkanes of at least 4 members (excludes halogenated alkanes) is 6. The molecular weight excluding hydrogens is 480 g/mol. The molecule has 0 aromatic heterocycles. The Bertz CT molecular complexity index is 885. The molecule has 2 rings (SSSR count). The lowest BCUT2D eigenvalue weighted by atomic mass is 10.1. The third kappa shape index (κ3) is 9.66. The summed E-state index contributed by atoms with van der Waals surface area (Å²) in [5.41, 5.74) is 3.49. The molecule has 1 N–H and O–H groups in total. The zero-order valence-corrected chi connectivity index (χ0v) is 20.0. The van der Waals surface area contributed by atoms with E-state index in [4.69, 9.17) is 16.3 Å². The predicted molar refractivity (Wildman–Crippen MR) is 129 cm³/mol. The maximum atomic E-state index is 12.4. The Morgan fingerprint density at radius 2 is 1.71 bits per heavy atom. The predicted octanol–water partition coefficient (Wildman–Crippen LogP) is 6.91. The van der Waals surface area contributed by atoms with Gasteiger partial charge in [-0.3, -0.25) is 4.79 Å². The molecule has 2 aromatic carbocycles. The minimum atomic E-state index is -0.503. The van der Waals surface area contributed by atoms with E-state index in [1.165, 1.54) is 31.9 Å². The first kappa shape index (κ1) is 25.1. The van der Waals surface area contributed by atoms with Crippen LogP contribution in [0.4, 0.5) is 0 Å². The number of amides is 1. The van der Waals surface area contributed by atoms with Crippen LogP contribution >= 0.6 is 27.5 Å². The van der Waals surface area contributed by atoms with E-state index < -0.39 is 5.97 Å². The highest BCUT2D eigenvalue weighted by Gasteiger charge is 2.11. The van der Waals surface area contributed by atoms with Crippen LogP contribution < -0.4 is 10.2 Å². The molecule has 0 aliphatic carbocycles. The summed E-state index contributed by atoms with van der Waals surface area (Å²) >= 11 is 9.25. The molecule has 0 radical (unpaired) electrons. The zero-order chi connectivity index (χ0) is 22.5. The highest BCUT2D eigenvalue weighted by Crippen LogP contribution is 2.23. The lowest BCUT2D eigenvalue weighted by Gasteiger charge is -2.08. The number of rotatable bonds is 12. The standard InChI is InChI=1S/C24H28BrClN2O3/c1-2-3-4-5-6-7-8-9-23(29)28-27-17-19-16-20(25)12-15-22(19)31-24(30)18-10-13-21(26)14-11-18/h10-17H,2-9H2,1H3,(H,28,29)/b27-17+. The van der Waals surface area contributed by atoms with Crippen molar-refractivity contribution in [2.45, 2.75) is 58.3 Å². The molecule has 0 heterocycles. The van der Waals surface area contributed by atoms with Gasteiger partial charge in [-0.05, 0) is 48.9 Å². The molecule has 5 nitrogen and oxygen atoms in total. The number of esters is 1. The normalized spacial score (nSPS) is 10.9. The molecule has 0 fully saturated rings. The van der Waals surface area contributed by atoms with Crippen LogP contribution in [-0.4, -0.2) is 18.1 Å². The average molecular weight is 508 g/mol. The van der Waals surface area contributed by atoms with Crippen molar-refractivity contribution in [3.63, 3.8) is 0 Å². The molecule has 0 saturated carbocycles. The summed E-state index contributed by atoms with van der Waals surface area (Å²) in [7, 11) is 0. The van der Waals surface area contributed by atoms with Crippen LogP contribution in [0.25, 0.3) is 0 Å². The number of hydrogen-bond acceptors (Lipinski definition) is 4. The molecule has 0 atom stereocenters. The van der Waals surface area contributed by atoms with Gasteiger partial charge in [0.1, 0.15) is 5.75 Å². The van der Waals surface area contributed by atoms with Crippen LogP contribution in [-0.2, 0) is 4.79 Å². The number of hydrazone groups is 1. The first-order chi connectivity index (χ1) is 15.0. The highest BCUT2D eigenvalue weighted by molar-refractivity contribution is 9.10. The van der Waals surface area contributed by atoms with Crippen molar-refractivity contribution in [1.29, 1.82) is 0 Å². The van der Waals surface area contributed by atoms with Gasteiger partial charge in [-0.1, -0.05) is 73.0 Å². The van der Waals surface area contributed by atoms with Gasteiger partial charge in [-0.15, -0.1) is 0 Å². The van der Waals surface area contributed by atoms with Gasteiger partial charge in [-0.25, -0.2) is 10.2 Å². The third-order valence-electron chi connectivity index (χ3n) is 4.65. The Morgan fingerprint density at radius 1 is 1.03 bits per heavy atom. The molecule has 1 amide bonds. The number of nitrogens with one attached hydrogen (secondary N) is 1. The fourth-order valence-electron chi connectivity index (χ4n) is 2.93. The van der Waals surface area contributed by atoms with Crippen molar-refractivity contribution in [3.8, 4) is 5.75 Å². The van der Waals surface area contributed by atoms with E-state index in [1.807, 2.05) is 0 Å². The average Bonchev–Trinajstić information content (AvgIpc) is 2.75. The van der Waals surface area contributed by atoms with Crippen LogP contribution in [0, 0.1) is 0 Å². The maximum absolute atomic E-state index is 12.4. The van der Waals surface area contributed by atoms with Gasteiger partial charge < -0.3 is 4.74 Å². The van der Waals surface area contributed by atoms with E-state index >= 15 is 0 Å². The summed E-state index contributed by atoms with van der Waals surface area (Å²) in [5.74, 6) is -0.288. The number of carbonyl (C=O) groups excluding carboxylic acids is 2. The molecule has 0 aliphatic heterocycles. The number of benzene rings is 2. The molecule has 166 valence electrons. The number of nitrogens with zero attached hydrogens (tertiary/aromatic N) is 1.